The molecule has 78 valence electrons. The van der Waals surface area contributed by atoms with E-state index in [1.165, 1.54) is 0 Å². The Bertz CT molecular complexity index is 152. The van der Waals surface area contributed by atoms with Crippen LogP contribution in [0.3, 0.4) is 0 Å². The summed E-state index contributed by atoms with van der Waals surface area (Å²) in [6.07, 6.45) is 1.15. The molecule has 3 heteroatoms. The number of nitrogens with one attached hydrogen (secondary N) is 1. The van der Waals surface area contributed by atoms with Crippen LogP contribution < -0.4 is 5.43 Å². The number of hydrogen-bond donors (Lipinski definition) is 1. The fourth-order valence-electron chi connectivity index (χ4n) is 1.11. The zero-order valence-electron chi connectivity index (χ0n) is 9.59. The van der Waals surface area contributed by atoms with Gasteiger partial charge in [-0.1, -0.05) is 27.7 Å². The van der Waals surface area contributed by atoms with Crippen molar-refractivity contribution in [3.8, 4) is 0 Å². The van der Waals surface area contributed by atoms with Crippen molar-refractivity contribution in [1.29, 1.82) is 0 Å². The van der Waals surface area contributed by atoms with E-state index in [1.807, 2.05) is 13.8 Å². The third kappa shape index (κ3) is 4.88. The van der Waals surface area contributed by atoms with Crippen LogP contribution in [-0.2, 0) is 0 Å². The minimum Gasteiger partial charge on any atom is -0.307 e. The van der Waals surface area contributed by atoms with Gasteiger partial charge < -0.3 is 5.43 Å². The van der Waals surface area contributed by atoms with Gasteiger partial charge in [0, 0.05) is 26.1 Å². The summed E-state index contributed by atoms with van der Waals surface area (Å²) in [4.78, 5) is 4.44. The molecule has 0 aromatic rings. The first-order valence-electron chi connectivity index (χ1n) is 5.22. The van der Waals surface area contributed by atoms with Gasteiger partial charge in [0.1, 0.15) is 5.84 Å². The average molecular weight is 185 g/mol. The van der Waals surface area contributed by atoms with Gasteiger partial charge in [0.2, 0.25) is 0 Å². The molecule has 0 spiro atoms. The minimum absolute atomic E-state index is 0.510. The number of hydrogen-bond acceptors (Lipinski definition) is 3. The third-order valence-electron chi connectivity index (χ3n) is 1.79. The van der Waals surface area contributed by atoms with Crippen LogP contribution in [0.2, 0.25) is 0 Å². The van der Waals surface area contributed by atoms with Crippen LogP contribution in [0.15, 0.2) is 4.99 Å². The highest BCUT2D eigenvalue weighted by atomic mass is 15.5. The maximum atomic E-state index is 4.44. The number of amidine groups is 1. The molecule has 1 N–H and O–H groups in total. The molecule has 0 unspecified atom stereocenters. The van der Waals surface area contributed by atoms with Gasteiger partial charge in [-0.2, -0.15) is 0 Å². The Kier molecular flexibility index (Phi) is 6.59. The normalized spacial score (nSPS) is 18.2. The molecule has 3 nitrogen and oxygen atoms in total. The van der Waals surface area contributed by atoms with Gasteiger partial charge in [-0.25, -0.2) is 5.01 Å². The summed E-state index contributed by atoms with van der Waals surface area (Å²) in [6.45, 7) is 10.4. The molecule has 0 radical (unpaired) electrons. The molecule has 1 rings (SSSR count). The molecule has 0 aliphatic carbocycles. The van der Waals surface area contributed by atoms with Crippen LogP contribution >= 0.6 is 0 Å². The Morgan fingerprint density at radius 3 is 2.54 bits per heavy atom. The second-order valence-corrected chi connectivity index (χ2v) is 3.31. The van der Waals surface area contributed by atoms with Crippen LogP contribution in [0, 0.1) is 5.92 Å². The smallest absolute Gasteiger partial charge is 0.113 e. The lowest BCUT2D eigenvalue weighted by atomic mass is 10.2. The average Bonchev–Trinajstić information content (AvgIpc) is 2.33. The predicted octanol–water partition coefficient (Wildman–Crippen LogP) is 1.91. The molecular formula is C10H23N3. The summed E-state index contributed by atoms with van der Waals surface area (Å²) < 4.78 is 0. The fraction of sp³-hybridized carbons (Fsp3) is 0.900. The van der Waals surface area contributed by atoms with E-state index in [1.54, 1.807) is 0 Å². The molecule has 0 saturated heterocycles. The highest BCUT2D eigenvalue weighted by Gasteiger charge is 2.09. The van der Waals surface area contributed by atoms with Crippen LogP contribution in [0.4, 0.5) is 0 Å². The summed E-state index contributed by atoms with van der Waals surface area (Å²) in [7, 11) is 2.06. The van der Waals surface area contributed by atoms with Gasteiger partial charge in [0.25, 0.3) is 0 Å². The van der Waals surface area contributed by atoms with E-state index in [2.05, 4.69) is 36.3 Å². The maximum Gasteiger partial charge on any atom is 0.113 e. The predicted molar refractivity (Wildman–Crippen MR) is 58.9 cm³/mol. The van der Waals surface area contributed by atoms with E-state index < -0.39 is 0 Å². The van der Waals surface area contributed by atoms with Crippen LogP contribution in [-0.4, -0.2) is 31.0 Å². The molecule has 1 aliphatic rings. The van der Waals surface area contributed by atoms with Crippen molar-refractivity contribution in [2.24, 2.45) is 10.9 Å². The summed E-state index contributed by atoms with van der Waals surface area (Å²) >= 11 is 0. The summed E-state index contributed by atoms with van der Waals surface area (Å²) in [6, 6.07) is 0. The third-order valence-corrected chi connectivity index (χ3v) is 1.79. The largest absolute Gasteiger partial charge is 0.307 e. The number of hydrazine groups is 1. The lowest BCUT2D eigenvalue weighted by Crippen LogP contribution is -2.40. The monoisotopic (exact) mass is 185 g/mol. The Morgan fingerprint density at radius 1 is 1.38 bits per heavy atom. The Hall–Kier alpha value is -0.570. The highest BCUT2D eigenvalue weighted by molar-refractivity contribution is 5.83. The van der Waals surface area contributed by atoms with Crippen molar-refractivity contribution >= 4 is 5.84 Å². The van der Waals surface area contributed by atoms with E-state index in [9.17, 15) is 0 Å². The number of rotatable bonds is 1. The van der Waals surface area contributed by atoms with Crippen molar-refractivity contribution in [1.82, 2.24) is 10.4 Å². The van der Waals surface area contributed by atoms with Gasteiger partial charge in [-0.3, -0.25) is 4.99 Å². The van der Waals surface area contributed by atoms with Gasteiger partial charge >= 0.3 is 0 Å². The van der Waals surface area contributed by atoms with Crippen LogP contribution in [0.1, 0.15) is 34.1 Å². The first-order chi connectivity index (χ1) is 6.20. The van der Waals surface area contributed by atoms with Crippen molar-refractivity contribution < 1.29 is 0 Å². The Labute approximate surface area is 82.2 Å². The second kappa shape index (κ2) is 6.89. The van der Waals surface area contributed by atoms with Gasteiger partial charge in [-0.05, 0) is 6.42 Å². The second-order valence-electron chi connectivity index (χ2n) is 3.31. The topological polar surface area (TPSA) is 27.6 Å². The van der Waals surface area contributed by atoms with E-state index >= 15 is 0 Å². The first-order valence-corrected chi connectivity index (χ1v) is 5.22. The lowest BCUT2D eigenvalue weighted by Gasteiger charge is -2.18. The van der Waals surface area contributed by atoms with Gasteiger partial charge in [-0.15, -0.1) is 0 Å². The molecule has 0 aromatic heterocycles. The summed E-state index contributed by atoms with van der Waals surface area (Å²) in [5, 5.41) is 2.10. The van der Waals surface area contributed by atoms with E-state index in [4.69, 9.17) is 0 Å². The summed E-state index contributed by atoms with van der Waals surface area (Å²) in [5.41, 5.74) is 3.26. The van der Waals surface area contributed by atoms with Crippen molar-refractivity contribution in [3.05, 3.63) is 0 Å². The SMILES string of the molecule is CC.CC(C)C1=NCCCN(C)N1. The highest BCUT2D eigenvalue weighted by Crippen LogP contribution is 2.00. The molecule has 1 heterocycles. The molecule has 0 fully saturated rings. The molecule has 0 atom stereocenters. The van der Waals surface area contributed by atoms with Crippen LogP contribution in [0.25, 0.3) is 0 Å². The fourth-order valence-corrected chi connectivity index (χ4v) is 1.11. The molecule has 0 bridgehead atoms. The van der Waals surface area contributed by atoms with Gasteiger partial charge in [0.05, 0.1) is 0 Å². The minimum atomic E-state index is 0.510. The zero-order chi connectivity index (χ0) is 10.3. The first kappa shape index (κ1) is 12.4. The molecular weight excluding hydrogens is 162 g/mol. The molecule has 0 saturated carbocycles. The van der Waals surface area contributed by atoms with Crippen LogP contribution in [0.5, 0.6) is 0 Å². The standard InChI is InChI=1S/C8H17N3.C2H6/c1-7(2)8-9-5-4-6-11(3)10-8;1-2/h7H,4-6H2,1-3H3,(H,9,10);1-2H3. The van der Waals surface area contributed by atoms with Crippen molar-refractivity contribution in [2.45, 2.75) is 34.1 Å². The van der Waals surface area contributed by atoms with E-state index in [-0.39, 0.29) is 0 Å². The summed E-state index contributed by atoms with van der Waals surface area (Å²) in [5.74, 6) is 1.63. The Morgan fingerprint density at radius 2 is 2.00 bits per heavy atom. The lowest BCUT2D eigenvalue weighted by molar-refractivity contribution is 0.293. The molecule has 0 amide bonds. The van der Waals surface area contributed by atoms with Crippen molar-refractivity contribution in [3.63, 3.8) is 0 Å². The number of aliphatic imine (C=N–C) groups is 1. The number of nitrogens with zero attached hydrogens (tertiary/aromatic N) is 2. The van der Waals surface area contributed by atoms with Crippen molar-refractivity contribution in [2.75, 3.05) is 20.1 Å². The molecule has 0 aromatic carbocycles. The van der Waals surface area contributed by atoms with E-state index in [0.717, 1.165) is 25.3 Å². The molecule has 1 aliphatic heterocycles. The molecule has 13 heavy (non-hydrogen) atoms. The Balaban J connectivity index is 0.000000671. The zero-order valence-corrected chi connectivity index (χ0v) is 9.59. The maximum absolute atomic E-state index is 4.44. The van der Waals surface area contributed by atoms with E-state index in [0.29, 0.717) is 5.92 Å². The van der Waals surface area contributed by atoms with Gasteiger partial charge in [0.15, 0.2) is 0 Å². The quantitative estimate of drug-likeness (QED) is 0.675.